The zero-order valence-corrected chi connectivity index (χ0v) is 12.6. The summed E-state index contributed by atoms with van der Waals surface area (Å²) < 4.78 is 18.8. The van der Waals surface area contributed by atoms with Gasteiger partial charge in [0.25, 0.3) is 0 Å². The summed E-state index contributed by atoms with van der Waals surface area (Å²) in [7, 11) is 0. The molecule has 0 heterocycles. The summed E-state index contributed by atoms with van der Waals surface area (Å²) in [5.41, 5.74) is 7.48. The van der Waals surface area contributed by atoms with Crippen LogP contribution in [-0.2, 0) is 5.75 Å². The third kappa shape index (κ3) is 3.81. The molecule has 2 rings (SSSR count). The van der Waals surface area contributed by atoms with E-state index in [-0.39, 0.29) is 5.02 Å². The normalized spacial score (nSPS) is 10.6. The number of hydrogen-bond donors (Lipinski definition) is 1. The predicted octanol–water partition coefficient (Wildman–Crippen LogP) is 4.75. The molecule has 0 saturated heterocycles. The lowest BCUT2D eigenvalue weighted by molar-refractivity contribution is 0.339. The Bertz CT molecular complexity index is 606. The SMILES string of the molecule is CCOc1ccc(N)c(SCc2ccc(Cl)c(F)c2)c1. The molecule has 2 aromatic carbocycles. The molecule has 20 heavy (non-hydrogen) atoms. The minimum absolute atomic E-state index is 0.136. The number of ether oxygens (including phenoxy) is 1. The van der Waals surface area contributed by atoms with E-state index in [1.807, 2.05) is 25.1 Å². The third-order valence-corrected chi connectivity index (χ3v) is 4.12. The van der Waals surface area contributed by atoms with Crippen molar-refractivity contribution in [3.05, 3.63) is 52.8 Å². The largest absolute Gasteiger partial charge is 0.494 e. The fourth-order valence-corrected chi connectivity index (χ4v) is 2.74. The summed E-state index contributed by atoms with van der Waals surface area (Å²) in [4.78, 5) is 0.923. The first-order chi connectivity index (χ1) is 9.60. The Balaban J connectivity index is 2.09. The van der Waals surface area contributed by atoms with Gasteiger partial charge in [-0.2, -0.15) is 0 Å². The molecule has 2 aromatic rings. The summed E-state index contributed by atoms with van der Waals surface area (Å²) in [5.74, 6) is 1.00. The van der Waals surface area contributed by atoms with Gasteiger partial charge in [0, 0.05) is 16.3 Å². The van der Waals surface area contributed by atoms with Gasteiger partial charge in [0.1, 0.15) is 11.6 Å². The van der Waals surface area contributed by atoms with E-state index in [4.69, 9.17) is 22.1 Å². The Morgan fingerprint density at radius 2 is 2.05 bits per heavy atom. The summed E-state index contributed by atoms with van der Waals surface area (Å²) in [5, 5.41) is 0.136. The van der Waals surface area contributed by atoms with E-state index in [9.17, 15) is 4.39 Å². The van der Waals surface area contributed by atoms with Gasteiger partial charge in [0.15, 0.2) is 0 Å². The molecule has 106 valence electrons. The molecule has 0 aliphatic rings. The van der Waals surface area contributed by atoms with E-state index in [0.717, 1.165) is 16.2 Å². The Morgan fingerprint density at radius 1 is 1.25 bits per heavy atom. The standard InChI is InChI=1S/C15H15ClFNOS/c1-2-19-11-4-6-14(18)15(8-11)20-9-10-3-5-12(16)13(17)7-10/h3-8H,2,9,18H2,1H3. The van der Waals surface area contributed by atoms with Gasteiger partial charge in [-0.25, -0.2) is 4.39 Å². The lowest BCUT2D eigenvalue weighted by atomic mass is 10.2. The highest BCUT2D eigenvalue weighted by Gasteiger charge is 2.05. The van der Waals surface area contributed by atoms with Gasteiger partial charge in [0.2, 0.25) is 0 Å². The molecular weight excluding hydrogens is 297 g/mol. The van der Waals surface area contributed by atoms with Crippen LogP contribution in [0.2, 0.25) is 5.02 Å². The van der Waals surface area contributed by atoms with Gasteiger partial charge < -0.3 is 10.5 Å². The van der Waals surface area contributed by atoms with Crippen molar-refractivity contribution in [2.75, 3.05) is 12.3 Å². The maximum Gasteiger partial charge on any atom is 0.142 e. The molecule has 0 amide bonds. The summed E-state index contributed by atoms with van der Waals surface area (Å²) in [6.45, 7) is 2.54. The molecule has 0 bridgehead atoms. The van der Waals surface area contributed by atoms with Crippen molar-refractivity contribution in [2.45, 2.75) is 17.6 Å². The van der Waals surface area contributed by atoms with E-state index < -0.39 is 5.82 Å². The molecule has 2 nitrogen and oxygen atoms in total. The zero-order valence-electron chi connectivity index (χ0n) is 11.0. The van der Waals surface area contributed by atoms with Crippen molar-refractivity contribution in [1.82, 2.24) is 0 Å². The van der Waals surface area contributed by atoms with Gasteiger partial charge in [-0.1, -0.05) is 17.7 Å². The van der Waals surface area contributed by atoms with Crippen LogP contribution >= 0.6 is 23.4 Å². The number of halogens is 2. The van der Waals surface area contributed by atoms with Gasteiger partial charge >= 0.3 is 0 Å². The second-order valence-corrected chi connectivity index (χ2v) is 5.59. The van der Waals surface area contributed by atoms with Crippen LogP contribution in [0.25, 0.3) is 0 Å². The van der Waals surface area contributed by atoms with Crippen LogP contribution < -0.4 is 10.5 Å². The summed E-state index contributed by atoms with van der Waals surface area (Å²) in [6, 6.07) is 10.4. The molecular formula is C15H15ClFNOS. The molecule has 0 saturated carbocycles. The second-order valence-electron chi connectivity index (χ2n) is 4.17. The highest BCUT2D eigenvalue weighted by Crippen LogP contribution is 2.32. The van der Waals surface area contributed by atoms with Gasteiger partial charge in [-0.05, 0) is 42.8 Å². The van der Waals surface area contributed by atoms with Crippen molar-refractivity contribution in [1.29, 1.82) is 0 Å². The molecule has 0 unspecified atom stereocenters. The quantitative estimate of drug-likeness (QED) is 0.639. The molecule has 2 N–H and O–H groups in total. The van der Waals surface area contributed by atoms with E-state index in [2.05, 4.69) is 0 Å². The summed E-state index contributed by atoms with van der Waals surface area (Å²) >= 11 is 7.20. The number of anilines is 1. The minimum Gasteiger partial charge on any atom is -0.494 e. The number of nitrogen functional groups attached to an aromatic ring is 1. The Hall–Kier alpha value is -1.39. The molecule has 0 aliphatic carbocycles. The van der Waals surface area contributed by atoms with Crippen LogP contribution in [0, 0.1) is 5.82 Å². The lowest BCUT2D eigenvalue weighted by Crippen LogP contribution is -1.94. The van der Waals surface area contributed by atoms with Crippen molar-refractivity contribution in [3.63, 3.8) is 0 Å². The number of hydrogen-bond acceptors (Lipinski definition) is 3. The Morgan fingerprint density at radius 3 is 2.75 bits per heavy atom. The van der Waals surface area contributed by atoms with E-state index in [0.29, 0.717) is 18.0 Å². The highest BCUT2D eigenvalue weighted by atomic mass is 35.5. The first-order valence-corrected chi connectivity index (χ1v) is 7.55. The van der Waals surface area contributed by atoms with E-state index >= 15 is 0 Å². The molecule has 0 fully saturated rings. The van der Waals surface area contributed by atoms with Crippen LogP contribution in [0.4, 0.5) is 10.1 Å². The first-order valence-electron chi connectivity index (χ1n) is 6.19. The van der Waals surface area contributed by atoms with Crippen molar-refractivity contribution in [3.8, 4) is 5.75 Å². The zero-order chi connectivity index (χ0) is 14.5. The molecule has 0 spiro atoms. The number of thioether (sulfide) groups is 1. The first kappa shape index (κ1) is 15.0. The topological polar surface area (TPSA) is 35.2 Å². The molecule has 5 heteroatoms. The van der Waals surface area contributed by atoms with Crippen LogP contribution in [0.5, 0.6) is 5.75 Å². The third-order valence-electron chi connectivity index (χ3n) is 2.67. The molecule has 0 aliphatic heterocycles. The van der Waals surface area contributed by atoms with Crippen molar-refractivity contribution < 1.29 is 9.13 Å². The lowest BCUT2D eigenvalue weighted by Gasteiger charge is -2.09. The molecule has 0 aromatic heterocycles. The molecule has 0 radical (unpaired) electrons. The average molecular weight is 312 g/mol. The van der Waals surface area contributed by atoms with Gasteiger partial charge in [0.05, 0.1) is 11.6 Å². The average Bonchev–Trinajstić information content (AvgIpc) is 2.43. The van der Waals surface area contributed by atoms with Crippen LogP contribution in [0.1, 0.15) is 12.5 Å². The fraction of sp³-hybridized carbons (Fsp3) is 0.200. The maximum atomic E-state index is 13.4. The Kier molecular flexibility index (Phi) is 5.15. The minimum atomic E-state index is -0.402. The van der Waals surface area contributed by atoms with E-state index in [1.54, 1.807) is 12.1 Å². The number of benzene rings is 2. The Labute approximate surface area is 127 Å². The number of nitrogens with two attached hydrogens (primary N) is 1. The summed E-state index contributed by atoms with van der Waals surface area (Å²) in [6.07, 6.45) is 0. The fourth-order valence-electron chi connectivity index (χ4n) is 1.69. The molecule has 0 atom stereocenters. The van der Waals surface area contributed by atoms with Gasteiger partial charge in [-0.15, -0.1) is 11.8 Å². The smallest absolute Gasteiger partial charge is 0.142 e. The van der Waals surface area contributed by atoms with Crippen LogP contribution in [0.3, 0.4) is 0 Å². The van der Waals surface area contributed by atoms with Crippen molar-refractivity contribution in [2.24, 2.45) is 0 Å². The second kappa shape index (κ2) is 6.86. The monoisotopic (exact) mass is 311 g/mol. The number of rotatable bonds is 5. The van der Waals surface area contributed by atoms with Gasteiger partial charge in [-0.3, -0.25) is 0 Å². The highest BCUT2D eigenvalue weighted by molar-refractivity contribution is 7.98. The van der Waals surface area contributed by atoms with E-state index in [1.165, 1.54) is 17.8 Å². The van der Waals surface area contributed by atoms with Crippen molar-refractivity contribution >= 4 is 29.1 Å². The van der Waals surface area contributed by atoms with Crippen LogP contribution in [0.15, 0.2) is 41.3 Å². The predicted molar refractivity (Wildman–Crippen MR) is 83.0 cm³/mol. The maximum absolute atomic E-state index is 13.4. The van der Waals surface area contributed by atoms with Crippen LogP contribution in [-0.4, -0.2) is 6.61 Å².